The fourth-order valence-electron chi connectivity index (χ4n) is 1.43. The second-order valence-corrected chi connectivity index (χ2v) is 3.99. The SMILES string of the molecule is NC(CCNC(=O)C(F)(F)C(F)F)c1ccccc1. The van der Waals surface area contributed by atoms with E-state index in [0.717, 1.165) is 5.56 Å². The molecule has 1 aromatic carbocycles. The molecule has 1 unspecified atom stereocenters. The summed E-state index contributed by atoms with van der Waals surface area (Å²) in [5, 5.41) is 1.76. The number of hydrogen-bond donors (Lipinski definition) is 2. The molecule has 0 spiro atoms. The molecule has 0 saturated carbocycles. The van der Waals surface area contributed by atoms with Gasteiger partial charge in [0.05, 0.1) is 0 Å². The third kappa shape index (κ3) is 4.20. The Hall–Kier alpha value is -1.63. The minimum Gasteiger partial charge on any atom is -0.351 e. The van der Waals surface area contributed by atoms with Gasteiger partial charge >= 0.3 is 12.3 Å². The van der Waals surface area contributed by atoms with Gasteiger partial charge in [0.25, 0.3) is 5.91 Å². The maximum atomic E-state index is 12.6. The van der Waals surface area contributed by atoms with E-state index in [4.69, 9.17) is 5.73 Å². The zero-order valence-corrected chi connectivity index (χ0v) is 9.95. The summed E-state index contributed by atoms with van der Waals surface area (Å²) in [6.07, 6.45) is -3.84. The average molecular weight is 278 g/mol. The number of alkyl halides is 4. The fraction of sp³-hybridized carbons (Fsp3) is 0.417. The number of amides is 1. The third-order valence-corrected chi connectivity index (χ3v) is 2.55. The Morgan fingerprint density at radius 3 is 2.37 bits per heavy atom. The quantitative estimate of drug-likeness (QED) is 0.783. The van der Waals surface area contributed by atoms with E-state index in [2.05, 4.69) is 0 Å². The Bertz CT molecular complexity index is 411. The lowest BCUT2D eigenvalue weighted by Crippen LogP contribution is -2.45. The summed E-state index contributed by atoms with van der Waals surface area (Å²) in [6, 6.07) is 8.36. The predicted octanol–water partition coefficient (Wildman–Crippen LogP) is 2.09. The van der Waals surface area contributed by atoms with Gasteiger partial charge in [-0.25, -0.2) is 8.78 Å². The molecule has 0 bridgehead atoms. The van der Waals surface area contributed by atoms with Crippen LogP contribution in [0.5, 0.6) is 0 Å². The highest BCUT2D eigenvalue weighted by molar-refractivity contribution is 5.83. The molecule has 0 aliphatic carbocycles. The van der Waals surface area contributed by atoms with Crippen LogP contribution < -0.4 is 11.1 Å². The molecule has 0 aliphatic rings. The van der Waals surface area contributed by atoms with Crippen molar-refractivity contribution in [3.63, 3.8) is 0 Å². The number of nitrogens with one attached hydrogen (secondary N) is 1. The lowest BCUT2D eigenvalue weighted by atomic mass is 10.1. The van der Waals surface area contributed by atoms with Crippen molar-refractivity contribution in [3.8, 4) is 0 Å². The lowest BCUT2D eigenvalue weighted by Gasteiger charge is -2.16. The monoisotopic (exact) mass is 278 g/mol. The minimum atomic E-state index is -4.67. The molecule has 0 heterocycles. The van der Waals surface area contributed by atoms with Crippen LogP contribution in [0.4, 0.5) is 17.6 Å². The Balaban J connectivity index is 2.41. The number of hydrogen-bond acceptors (Lipinski definition) is 2. The molecule has 3 nitrogen and oxygen atoms in total. The van der Waals surface area contributed by atoms with Crippen molar-refractivity contribution >= 4 is 5.91 Å². The summed E-state index contributed by atoms with van der Waals surface area (Å²) in [4.78, 5) is 10.8. The predicted molar refractivity (Wildman–Crippen MR) is 61.9 cm³/mol. The van der Waals surface area contributed by atoms with Crippen molar-refractivity contribution in [3.05, 3.63) is 35.9 Å². The summed E-state index contributed by atoms with van der Waals surface area (Å²) in [7, 11) is 0. The summed E-state index contributed by atoms with van der Waals surface area (Å²) < 4.78 is 48.9. The van der Waals surface area contributed by atoms with Crippen LogP contribution in [0.3, 0.4) is 0 Å². The van der Waals surface area contributed by atoms with Gasteiger partial charge in [-0.2, -0.15) is 8.78 Å². The molecule has 0 aromatic heterocycles. The first kappa shape index (κ1) is 15.4. The van der Waals surface area contributed by atoms with Crippen LogP contribution in [0, 0.1) is 0 Å². The molecule has 0 saturated heterocycles. The number of halogens is 4. The van der Waals surface area contributed by atoms with E-state index in [-0.39, 0.29) is 13.0 Å². The van der Waals surface area contributed by atoms with Crippen molar-refractivity contribution in [2.45, 2.75) is 24.8 Å². The molecule has 1 aromatic rings. The average Bonchev–Trinajstić information content (AvgIpc) is 2.39. The smallest absolute Gasteiger partial charge is 0.351 e. The first-order chi connectivity index (χ1) is 8.85. The molecule has 3 N–H and O–H groups in total. The number of carbonyl (C=O) groups is 1. The van der Waals surface area contributed by atoms with E-state index in [1.165, 1.54) is 0 Å². The van der Waals surface area contributed by atoms with Crippen LogP contribution in [-0.4, -0.2) is 24.8 Å². The molecular weight excluding hydrogens is 264 g/mol. The van der Waals surface area contributed by atoms with Gasteiger partial charge in [0, 0.05) is 12.6 Å². The van der Waals surface area contributed by atoms with Crippen LogP contribution in [0.1, 0.15) is 18.0 Å². The molecule has 1 atom stereocenters. The van der Waals surface area contributed by atoms with Gasteiger partial charge in [-0.15, -0.1) is 0 Å². The first-order valence-electron chi connectivity index (χ1n) is 5.60. The summed E-state index contributed by atoms with van der Waals surface area (Å²) in [5.41, 5.74) is 6.54. The Kier molecular flexibility index (Phi) is 5.29. The van der Waals surface area contributed by atoms with E-state index in [0.29, 0.717) is 0 Å². The minimum absolute atomic E-state index is 0.176. The van der Waals surface area contributed by atoms with E-state index in [1.807, 2.05) is 0 Å². The molecule has 0 fully saturated rings. The Labute approximate surface area is 107 Å². The first-order valence-corrected chi connectivity index (χ1v) is 5.60. The number of benzene rings is 1. The largest absolute Gasteiger partial charge is 0.383 e. The summed E-state index contributed by atoms with van der Waals surface area (Å²) >= 11 is 0. The van der Waals surface area contributed by atoms with Crippen molar-refractivity contribution in [1.29, 1.82) is 0 Å². The normalized spacial score (nSPS) is 13.4. The zero-order chi connectivity index (χ0) is 14.5. The van der Waals surface area contributed by atoms with Crippen LogP contribution >= 0.6 is 0 Å². The highest BCUT2D eigenvalue weighted by atomic mass is 19.3. The maximum absolute atomic E-state index is 12.6. The molecule has 1 amide bonds. The number of nitrogens with two attached hydrogens (primary N) is 1. The third-order valence-electron chi connectivity index (χ3n) is 2.55. The highest BCUT2D eigenvalue weighted by Gasteiger charge is 2.48. The van der Waals surface area contributed by atoms with Gasteiger partial charge in [-0.1, -0.05) is 30.3 Å². The van der Waals surface area contributed by atoms with Gasteiger partial charge in [-0.05, 0) is 12.0 Å². The van der Waals surface area contributed by atoms with Gasteiger partial charge in [0.2, 0.25) is 0 Å². The second kappa shape index (κ2) is 6.51. The Morgan fingerprint density at radius 2 is 1.84 bits per heavy atom. The van der Waals surface area contributed by atoms with Crippen LogP contribution in [0.2, 0.25) is 0 Å². The fourth-order valence-corrected chi connectivity index (χ4v) is 1.43. The molecule has 0 aliphatic heterocycles. The van der Waals surface area contributed by atoms with Crippen LogP contribution in [0.25, 0.3) is 0 Å². The molecule has 7 heteroatoms. The molecule has 19 heavy (non-hydrogen) atoms. The summed E-state index contributed by atoms with van der Waals surface area (Å²) in [6.45, 7) is -0.197. The zero-order valence-electron chi connectivity index (χ0n) is 9.95. The van der Waals surface area contributed by atoms with E-state index in [1.54, 1.807) is 35.6 Å². The van der Waals surface area contributed by atoms with Crippen molar-refractivity contribution in [2.24, 2.45) is 5.73 Å². The van der Waals surface area contributed by atoms with Crippen molar-refractivity contribution in [1.82, 2.24) is 5.32 Å². The van der Waals surface area contributed by atoms with Crippen molar-refractivity contribution in [2.75, 3.05) is 6.54 Å². The number of rotatable bonds is 6. The standard InChI is InChI=1S/C12H14F4N2O/c13-10(14)12(15,16)11(19)18-7-6-9(17)8-4-2-1-3-5-8/h1-5,9-10H,6-7,17H2,(H,18,19). The van der Waals surface area contributed by atoms with Gasteiger partial charge < -0.3 is 11.1 Å². The Morgan fingerprint density at radius 1 is 1.26 bits per heavy atom. The van der Waals surface area contributed by atoms with E-state index in [9.17, 15) is 22.4 Å². The van der Waals surface area contributed by atoms with Gasteiger partial charge in [0.15, 0.2) is 0 Å². The van der Waals surface area contributed by atoms with Crippen molar-refractivity contribution < 1.29 is 22.4 Å². The number of carbonyl (C=O) groups excluding carboxylic acids is 1. The molecular formula is C12H14F4N2O. The molecule has 0 radical (unpaired) electrons. The highest BCUT2D eigenvalue weighted by Crippen LogP contribution is 2.22. The lowest BCUT2D eigenvalue weighted by molar-refractivity contribution is -0.169. The molecule has 106 valence electrons. The summed E-state index contributed by atoms with van der Waals surface area (Å²) in [5.74, 6) is -6.65. The second-order valence-electron chi connectivity index (χ2n) is 3.99. The van der Waals surface area contributed by atoms with Gasteiger partial charge in [0.1, 0.15) is 0 Å². The van der Waals surface area contributed by atoms with Crippen LogP contribution in [0.15, 0.2) is 30.3 Å². The maximum Gasteiger partial charge on any atom is 0.383 e. The van der Waals surface area contributed by atoms with E-state index < -0.39 is 24.3 Å². The molecule has 1 rings (SSSR count). The topological polar surface area (TPSA) is 55.1 Å². The van der Waals surface area contributed by atoms with Crippen LogP contribution in [-0.2, 0) is 4.79 Å². The van der Waals surface area contributed by atoms with E-state index >= 15 is 0 Å². The van der Waals surface area contributed by atoms with Gasteiger partial charge in [-0.3, -0.25) is 4.79 Å².